The fourth-order valence-electron chi connectivity index (χ4n) is 4.26. The number of amides is 2. The van der Waals surface area contributed by atoms with Crippen LogP contribution in [0.15, 0.2) is 59.5 Å². The van der Waals surface area contributed by atoms with Crippen LogP contribution in [-0.2, 0) is 16.0 Å². The van der Waals surface area contributed by atoms with Gasteiger partial charge in [-0.1, -0.05) is 60.2 Å². The number of carbonyl (C=O) groups is 2. The van der Waals surface area contributed by atoms with Crippen LogP contribution in [0.4, 0.5) is 0 Å². The molecule has 4 nitrogen and oxygen atoms in total. The Hall–Kier alpha value is -2.53. The van der Waals surface area contributed by atoms with Crippen molar-refractivity contribution < 1.29 is 9.59 Å². The molecule has 1 saturated carbocycles. The van der Waals surface area contributed by atoms with Crippen LogP contribution in [0.25, 0.3) is 6.08 Å². The predicted molar refractivity (Wildman–Crippen MR) is 123 cm³/mol. The van der Waals surface area contributed by atoms with Crippen LogP contribution in [0.3, 0.4) is 0 Å². The fraction of sp³-hybridized carbons (Fsp3) is 0.360. The largest absolute Gasteiger partial charge is 0.356 e. The molecule has 30 heavy (non-hydrogen) atoms. The minimum Gasteiger partial charge on any atom is -0.356 e. The second-order valence-electron chi connectivity index (χ2n) is 8.20. The van der Waals surface area contributed by atoms with Crippen LogP contribution in [0, 0.1) is 12.8 Å². The molecule has 2 aromatic rings. The van der Waals surface area contributed by atoms with Crippen LogP contribution in [0.2, 0.25) is 0 Å². The molecular formula is C25H28N2O2S. The topological polar surface area (TPSA) is 58.2 Å². The van der Waals surface area contributed by atoms with E-state index in [2.05, 4.69) is 41.8 Å². The zero-order valence-electron chi connectivity index (χ0n) is 17.3. The normalized spacial score (nSPS) is 24.8. The minimum atomic E-state index is -0.0229. The maximum Gasteiger partial charge on any atom is 0.257 e. The molecule has 1 aliphatic carbocycles. The number of benzene rings is 2. The Balaban J connectivity index is 1.31. The van der Waals surface area contributed by atoms with Crippen LogP contribution in [-0.4, -0.2) is 29.7 Å². The molecule has 3 atom stereocenters. The highest BCUT2D eigenvalue weighted by Crippen LogP contribution is 2.39. The molecule has 1 heterocycles. The van der Waals surface area contributed by atoms with Crippen molar-refractivity contribution in [2.45, 2.75) is 43.9 Å². The molecule has 2 aromatic carbocycles. The number of hydrogen-bond donors (Lipinski definition) is 2. The molecule has 4 rings (SSSR count). The van der Waals surface area contributed by atoms with Gasteiger partial charge in [0.2, 0.25) is 5.91 Å². The Bertz CT molecular complexity index is 941. The Kier molecular flexibility index (Phi) is 6.58. The van der Waals surface area contributed by atoms with E-state index in [0.717, 1.165) is 36.2 Å². The van der Waals surface area contributed by atoms with Gasteiger partial charge < -0.3 is 10.6 Å². The van der Waals surface area contributed by atoms with Gasteiger partial charge in [0.15, 0.2) is 0 Å². The Morgan fingerprint density at radius 3 is 2.80 bits per heavy atom. The molecule has 2 fully saturated rings. The molecule has 156 valence electrons. The molecule has 2 N–H and O–H groups in total. The standard InChI is InChI=1S/C25H28N2O2S/c1-17-6-5-9-19(14-17)15-23-25(29)27-21-16-20(10-11-22(21)30-23)24(28)26-13-12-18-7-3-2-4-8-18/h2-9,14-15,20-22H,10-13,16H2,1H3,(H,26,28)(H,27,29)/b23-15+. The Morgan fingerprint density at radius 2 is 2.00 bits per heavy atom. The van der Waals surface area contributed by atoms with Crippen LogP contribution in [0.1, 0.15) is 36.0 Å². The number of hydrogen-bond acceptors (Lipinski definition) is 3. The summed E-state index contributed by atoms with van der Waals surface area (Å²) < 4.78 is 0. The quantitative estimate of drug-likeness (QED) is 0.716. The van der Waals surface area contributed by atoms with E-state index in [-0.39, 0.29) is 23.8 Å². The zero-order valence-corrected chi connectivity index (χ0v) is 18.1. The first kappa shape index (κ1) is 20.7. The number of fused-ring (bicyclic) bond motifs is 1. The van der Waals surface area contributed by atoms with Crippen molar-refractivity contribution in [1.82, 2.24) is 10.6 Å². The summed E-state index contributed by atoms with van der Waals surface area (Å²) in [6.07, 6.45) is 5.35. The second-order valence-corrected chi connectivity index (χ2v) is 9.48. The Morgan fingerprint density at radius 1 is 1.17 bits per heavy atom. The lowest BCUT2D eigenvalue weighted by Crippen LogP contribution is -2.51. The molecule has 1 saturated heterocycles. The van der Waals surface area contributed by atoms with Crippen molar-refractivity contribution in [3.63, 3.8) is 0 Å². The van der Waals surface area contributed by atoms with Gasteiger partial charge in [0, 0.05) is 23.8 Å². The van der Waals surface area contributed by atoms with Gasteiger partial charge >= 0.3 is 0 Å². The van der Waals surface area contributed by atoms with Crippen molar-refractivity contribution in [3.8, 4) is 0 Å². The molecule has 0 radical (unpaired) electrons. The predicted octanol–water partition coefficient (Wildman–Crippen LogP) is 4.10. The van der Waals surface area contributed by atoms with Crippen LogP contribution in [0.5, 0.6) is 0 Å². The average molecular weight is 421 g/mol. The summed E-state index contributed by atoms with van der Waals surface area (Å²) in [5.41, 5.74) is 3.46. The van der Waals surface area contributed by atoms with E-state index in [1.807, 2.05) is 36.4 Å². The third kappa shape index (κ3) is 5.14. The third-order valence-corrected chi connectivity index (χ3v) is 7.30. The van der Waals surface area contributed by atoms with Crippen LogP contribution >= 0.6 is 11.8 Å². The highest BCUT2D eigenvalue weighted by molar-refractivity contribution is 8.04. The molecule has 1 aliphatic heterocycles. The van der Waals surface area contributed by atoms with E-state index in [9.17, 15) is 9.59 Å². The molecule has 0 bridgehead atoms. The van der Waals surface area contributed by atoms with Gasteiger partial charge in [-0.25, -0.2) is 0 Å². The van der Waals surface area contributed by atoms with Gasteiger partial charge in [0.05, 0.1) is 4.91 Å². The van der Waals surface area contributed by atoms with E-state index >= 15 is 0 Å². The molecule has 2 aliphatic rings. The summed E-state index contributed by atoms with van der Waals surface area (Å²) in [6, 6.07) is 18.4. The summed E-state index contributed by atoms with van der Waals surface area (Å²) >= 11 is 1.67. The number of nitrogens with one attached hydrogen (secondary N) is 2. The number of thioether (sulfide) groups is 1. The van der Waals surface area contributed by atoms with Gasteiger partial charge in [-0.05, 0) is 49.8 Å². The maximum atomic E-state index is 12.6. The molecule has 3 unspecified atom stereocenters. The maximum absolute atomic E-state index is 12.6. The number of rotatable bonds is 5. The lowest BCUT2D eigenvalue weighted by molar-refractivity contribution is -0.127. The van der Waals surface area contributed by atoms with E-state index in [1.54, 1.807) is 11.8 Å². The van der Waals surface area contributed by atoms with Gasteiger partial charge in [-0.3, -0.25) is 9.59 Å². The van der Waals surface area contributed by atoms with E-state index in [1.165, 1.54) is 11.1 Å². The minimum absolute atomic E-state index is 0.0205. The average Bonchev–Trinajstić information content (AvgIpc) is 2.75. The van der Waals surface area contributed by atoms with Crippen molar-refractivity contribution in [3.05, 3.63) is 76.2 Å². The van der Waals surface area contributed by atoms with E-state index < -0.39 is 0 Å². The van der Waals surface area contributed by atoms with Gasteiger partial charge in [0.25, 0.3) is 5.91 Å². The molecule has 5 heteroatoms. The fourth-order valence-corrected chi connectivity index (χ4v) is 5.55. The molecule has 2 amide bonds. The lowest BCUT2D eigenvalue weighted by atomic mass is 9.84. The monoisotopic (exact) mass is 420 g/mol. The lowest BCUT2D eigenvalue weighted by Gasteiger charge is -2.39. The van der Waals surface area contributed by atoms with E-state index in [0.29, 0.717) is 11.8 Å². The smallest absolute Gasteiger partial charge is 0.257 e. The van der Waals surface area contributed by atoms with Gasteiger partial charge in [-0.15, -0.1) is 11.8 Å². The van der Waals surface area contributed by atoms with E-state index in [4.69, 9.17) is 0 Å². The van der Waals surface area contributed by atoms with Crippen molar-refractivity contribution in [2.75, 3.05) is 6.54 Å². The number of aryl methyl sites for hydroxylation is 1. The molecule has 0 aromatic heterocycles. The zero-order chi connectivity index (χ0) is 20.9. The van der Waals surface area contributed by atoms with Gasteiger partial charge in [0.1, 0.15) is 0 Å². The Labute approximate surface area is 182 Å². The third-order valence-electron chi connectivity index (χ3n) is 5.87. The van der Waals surface area contributed by atoms with Gasteiger partial charge in [-0.2, -0.15) is 0 Å². The molecule has 0 spiro atoms. The van der Waals surface area contributed by atoms with Crippen molar-refractivity contribution in [2.24, 2.45) is 5.92 Å². The first-order chi connectivity index (χ1) is 14.6. The first-order valence-electron chi connectivity index (χ1n) is 10.7. The van der Waals surface area contributed by atoms with Crippen LogP contribution < -0.4 is 10.6 Å². The summed E-state index contributed by atoms with van der Waals surface area (Å²) in [5.74, 6) is 0.0721. The summed E-state index contributed by atoms with van der Waals surface area (Å²) in [7, 11) is 0. The second kappa shape index (κ2) is 9.52. The first-order valence-corrected chi connectivity index (χ1v) is 11.5. The summed E-state index contributed by atoms with van der Waals surface area (Å²) in [4.78, 5) is 26.1. The van der Waals surface area contributed by atoms with Crippen molar-refractivity contribution in [1.29, 1.82) is 0 Å². The summed E-state index contributed by atoms with van der Waals surface area (Å²) in [6.45, 7) is 2.70. The number of carbonyl (C=O) groups excluding carboxylic acids is 2. The highest BCUT2D eigenvalue weighted by atomic mass is 32.2. The van der Waals surface area contributed by atoms with Crippen molar-refractivity contribution >= 4 is 29.7 Å². The summed E-state index contributed by atoms with van der Waals surface area (Å²) in [5, 5.41) is 6.59. The highest BCUT2D eigenvalue weighted by Gasteiger charge is 2.39. The SMILES string of the molecule is Cc1cccc(/C=C2/SC3CCC(C(=O)NCCc4ccccc4)CC3NC2=O)c1. The molecular weight excluding hydrogens is 392 g/mol.